The molecule has 1 atom stereocenters. The van der Waals surface area contributed by atoms with E-state index in [9.17, 15) is 14.0 Å². The number of carbonyl (C=O) groups excluding carboxylic acids is 2. The third-order valence-corrected chi connectivity index (χ3v) is 5.58. The summed E-state index contributed by atoms with van der Waals surface area (Å²) in [6, 6.07) is 14.1. The lowest BCUT2D eigenvalue weighted by Gasteiger charge is -2.23. The predicted molar refractivity (Wildman–Crippen MR) is 114 cm³/mol. The number of hydrogen-bond donors (Lipinski definition) is 1. The van der Waals surface area contributed by atoms with Crippen LogP contribution in [-0.4, -0.2) is 41.5 Å². The Morgan fingerprint density at radius 3 is 2.74 bits per heavy atom. The SMILES string of the molecule is Cc1cc(C(=O)N2CCNC(=O)[C@H](Cc3ccccc3-c3ccc(F)cc3C)C2)on1. The second-order valence-corrected chi connectivity index (χ2v) is 7.89. The summed E-state index contributed by atoms with van der Waals surface area (Å²) in [5, 5.41) is 6.69. The standard InChI is InChI=1S/C24H24FN3O3/c1-15-11-19(25)7-8-20(15)21-6-4-3-5-17(21)13-18-14-28(10-9-26-23(18)29)24(30)22-12-16(2)27-31-22/h3-8,11-12,18H,9-10,13-14H2,1-2H3,(H,26,29)/t18-/m1/s1. The molecule has 160 valence electrons. The summed E-state index contributed by atoms with van der Waals surface area (Å²) in [7, 11) is 0. The monoisotopic (exact) mass is 421 g/mol. The van der Waals surface area contributed by atoms with Crippen LogP contribution in [0.4, 0.5) is 4.39 Å². The molecule has 0 bridgehead atoms. The van der Waals surface area contributed by atoms with Gasteiger partial charge in [0.25, 0.3) is 5.91 Å². The number of halogens is 1. The quantitative estimate of drug-likeness (QED) is 0.699. The summed E-state index contributed by atoms with van der Waals surface area (Å²) in [5.41, 5.74) is 4.32. The summed E-state index contributed by atoms with van der Waals surface area (Å²) in [6.45, 7) is 4.69. The summed E-state index contributed by atoms with van der Waals surface area (Å²) in [6.07, 6.45) is 0.456. The lowest BCUT2D eigenvalue weighted by atomic mass is 9.90. The van der Waals surface area contributed by atoms with E-state index in [1.54, 1.807) is 24.0 Å². The molecule has 1 aromatic heterocycles. The number of nitrogens with zero attached hydrogens (tertiary/aromatic N) is 2. The maximum Gasteiger partial charge on any atom is 0.292 e. The molecule has 7 heteroatoms. The highest BCUT2D eigenvalue weighted by atomic mass is 19.1. The molecule has 1 fully saturated rings. The Bertz CT molecular complexity index is 1120. The van der Waals surface area contributed by atoms with Crippen molar-refractivity contribution in [1.29, 1.82) is 0 Å². The molecule has 0 unspecified atom stereocenters. The van der Waals surface area contributed by atoms with E-state index >= 15 is 0 Å². The normalized spacial score (nSPS) is 16.7. The molecule has 0 saturated carbocycles. The molecule has 31 heavy (non-hydrogen) atoms. The van der Waals surface area contributed by atoms with Gasteiger partial charge in [0.05, 0.1) is 11.6 Å². The Hall–Kier alpha value is -3.48. The molecule has 3 aromatic rings. The first-order valence-corrected chi connectivity index (χ1v) is 10.3. The van der Waals surface area contributed by atoms with Gasteiger partial charge in [-0.2, -0.15) is 0 Å². The zero-order chi connectivity index (χ0) is 22.0. The van der Waals surface area contributed by atoms with Crippen LogP contribution in [-0.2, 0) is 11.2 Å². The predicted octanol–water partition coefficient (Wildman–Crippen LogP) is 3.53. The van der Waals surface area contributed by atoms with Crippen LogP contribution in [0.2, 0.25) is 0 Å². The number of amides is 2. The van der Waals surface area contributed by atoms with E-state index in [0.29, 0.717) is 25.2 Å². The Morgan fingerprint density at radius 1 is 1.19 bits per heavy atom. The first-order chi connectivity index (χ1) is 14.9. The van der Waals surface area contributed by atoms with Gasteiger partial charge in [0, 0.05) is 25.7 Å². The molecular formula is C24H24FN3O3. The second-order valence-electron chi connectivity index (χ2n) is 7.89. The maximum atomic E-state index is 13.6. The van der Waals surface area contributed by atoms with Crippen LogP contribution in [0.15, 0.2) is 53.1 Å². The van der Waals surface area contributed by atoms with Crippen molar-refractivity contribution >= 4 is 11.8 Å². The molecule has 4 rings (SSSR count). The van der Waals surface area contributed by atoms with Crippen LogP contribution in [0.1, 0.15) is 27.4 Å². The smallest absolute Gasteiger partial charge is 0.292 e. The van der Waals surface area contributed by atoms with Gasteiger partial charge in [-0.25, -0.2) is 4.39 Å². The average Bonchev–Trinajstić information content (AvgIpc) is 3.10. The lowest BCUT2D eigenvalue weighted by Crippen LogP contribution is -2.37. The fourth-order valence-electron chi connectivity index (χ4n) is 4.02. The van der Waals surface area contributed by atoms with Gasteiger partial charge in [0.1, 0.15) is 5.82 Å². The second kappa shape index (κ2) is 8.71. The summed E-state index contributed by atoms with van der Waals surface area (Å²) in [4.78, 5) is 27.2. The maximum absolute atomic E-state index is 13.6. The van der Waals surface area contributed by atoms with E-state index in [1.807, 2.05) is 31.2 Å². The van der Waals surface area contributed by atoms with Crippen molar-refractivity contribution < 1.29 is 18.5 Å². The molecular weight excluding hydrogens is 397 g/mol. The van der Waals surface area contributed by atoms with Crippen LogP contribution < -0.4 is 5.32 Å². The van der Waals surface area contributed by atoms with E-state index in [4.69, 9.17) is 4.52 Å². The Balaban J connectivity index is 1.60. The highest BCUT2D eigenvalue weighted by Gasteiger charge is 2.30. The van der Waals surface area contributed by atoms with E-state index in [0.717, 1.165) is 22.3 Å². The minimum atomic E-state index is -0.419. The number of benzene rings is 2. The molecule has 0 aliphatic carbocycles. The first kappa shape index (κ1) is 20.8. The number of hydrogen-bond acceptors (Lipinski definition) is 4. The summed E-state index contributed by atoms with van der Waals surface area (Å²) >= 11 is 0. The number of carbonyl (C=O) groups is 2. The van der Waals surface area contributed by atoms with Crippen molar-refractivity contribution in [3.05, 3.63) is 76.9 Å². The molecule has 6 nitrogen and oxygen atoms in total. The van der Waals surface area contributed by atoms with Crippen molar-refractivity contribution in [3.63, 3.8) is 0 Å². The van der Waals surface area contributed by atoms with Crippen LogP contribution in [0.25, 0.3) is 11.1 Å². The third kappa shape index (κ3) is 4.50. The number of rotatable bonds is 4. The first-order valence-electron chi connectivity index (χ1n) is 10.3. The number of aromatic nitrogens is 1. The fraction of sp³-hybridized carbons (Fsp3) is 0.292. The van der Waals surface area contributed by atoms with Crippen molar-refractivity contribution in [2.24, 2.45) is 5.92 Å². The van der Waals surface area contributed by atoms with Gasteiger partial charge in [0.15, 0.2) is 0 Å². The van der Waals surface area contributed by atoms with E-state index < -0.39 is 5.92 Å². The molecule has 1 aliphatic rings. The summed E-state index contributed by atoms with van der Waals surface area (Å²) < 4.78 is 18.7. The fourth-order valence-corrected chi connectivity index (χ4v) is 4.02. The Kier molecular flexibility index (Phi) is 5.84. The van der Waals surface area contributed by atoms with E-state index in [1.165, 1.54) is 12.1 Å². The minimum absolute atomic E-state index is 0.0883. The van der Waals surface area contributed by atoms with Crippen molar-refractivity contribution in [2.75, 3.05) is 19.6 Å². The zero-order valence-corrected chi connectivity index (χ0v) is 17.5. The van der Waals surface area contributed by atoms with Crippen LogP contribution in [0.5, 0.6) is 0 Å². The molecule has 0 radical (unpaired) electrons. The van der Waals surface area contributed by atoms with Gasteiger partial charge < -0.3 is 14.7 Å². The van der Waals surface area contributed by atoms with Crippen molar-refractivity contribution in [3.8, 4) is 11.1 Å². The van der Waals surface area contributed by atoms with Crippen molar-refractivity contribution in [2.45, 2.75) is 20.3 Å². The minimum Gasteiger partial charge on any atom is -0.354 e. The molecule has 2 amide bonds. The van der Waals surface area contributed by atoms with Gasteiger partial charge in [-0.1, -0.05) is 35.5 Å². The number of nitrogens with one attached hydrogen (secondary N) is 1. The molecule has 1 N–H and O–H groups in total. The molecule has 2 heterocycles. The van der Waals surface area contributed by atoms with E-state index in [-0.39, 0.29) is 29.9 Å². The van der Waals surface area contributed by atoms with Gasteiger partial charge in [-0.05, 0) is 54.7 Å². The van der Waals surface area contributed by atoms with Crippen LogP contribution >= 0.6 is 0 Å². The molecule has 2 aromatic carbocycles. The Morgan fingerprint density at radius 2 is 2.00 bits per heavy atom. The van der Waals surface area contributed by atoms with Gasteiger partial charge >= 0.3 is 0 Å². The largest absolute Gasteiger partial charge is 0.354 e. The molecule has 0 spiro atoms. The molecule has 1 aliphatic heterocycles. The van der Waals surface area contributed by atoms with Gasteiger partial charge in [-0.3, -0.25) is 9.59 Å². The van der Waals surface area contributed by atoms with E-state index in [2.05, 4.69) is 10.5 Å². The van der Waals surface area contributed by atoms with Crippen molar-refractivity contribution in [1.82, 2.24) is 15.4 Å². The highest BCUT2D eigenvalue weighted by Crippen LogP contribution is 2.29. The lowest BCUT2D eigenvalue weighted by molar-refractivity contribution is -0.124. The Labute approximate surface area is 180 Å². The van der Waals surface area contributed by atoms with Gasteiger partial charge in [0.2, 0.25) is 11.7 Å². The van der Waals surface area contributed by atoms with Crippen LogP contribution in [0, 0.1) is 25.6 Å². The summed E-state index contributed by atoms with van der Waals surface area (Å²) in [5.74, 6) is -0.886. The molecule has 1 saturated heterocycles. The number of aryl methyl sites for hydroxylation is 2. The highest BCUT2D eigenvalue weighted by molar-refractivity contribution is 5.92. The van der Waals surface area contributed by atoms with Crippen LogP contribution in [0.3, 0.4) is 0 Å². The zero-order valence-electron chi connectivity index (χ0n) is 17.5. The average molecular weight is 421 g/mol. The van der Waals surface area contributed by atoms with Gasteiger partial charge in [-0.15, -0.1) is 0 Å². The third-order valence-electron chi connectivity index (χ3n) is 5.58. The topological polar surface area (TPSA) is 75.4 Å².